The molecule has 1 aromatic heterocycles. The van der Waals surface area contributed by atoms with Crippen molar-refractivity contribution in [3.8, 4) is 0 Å². The van der Waals surface area contributed by atoms with E-state index in [1.165, 1.54) is 16.4 Å². The first-order valence-corrected chi connectivity index (χ1v) is 11.3. The molecule has 0 radical (unpaired) electrons. The third-order valence-electron chi connectivity index (χ3n) is 4.93. The summed E-state index contributed by atoms with van der Waals surface area (Å²) in [5.41, 5.74) is 0.703. The number of sulfonamides is 1. The summed E-state index contributed by atoms with van der Waals surface area (Å²) in [5, 5.41) is 5.97. The third-order valence-corrected chi connectivity index (χ3v) is 7.70. The number of nitrogens with zero attached hydrogens (tertiary/aromatic N) is 1. The summed E-state index contributed by atoms with van der Waals surface area (Å²) in [6.07, 6.45) is 1.23. The molecular formula is C20H19FN2O3S2. The smallest absolute Gasteiger partial charge is 0.243 e. The van der Waals surface area contributed by atoms with Gasteiger partial charge in [-0.1, -0.05) is 0 Å². The van der Waals surface area contributed by atoms with Crippen molar-refractivity contribution in [1.82, 2.24) is 4.31 Å². The lowest BCUT2D eigenvalue weighted by atomic mass is 9.98. The maximum atomic E-state index is 13.1. The number of carbonyl (C=O) groups is 1. The van der Waals surface area contributed by atoms with Gasteiger partial charge in [0.2, 0.25) is 15.9 Å². The van der Waals surface area contributed by atoms with E-state index in [1.54, 1.807) is 11.3 Å². The van der Waals surface area contributed by atoms with Crippen LogP contribution in [0.4, 0.5) is 10.1 Å². The number of piperidine rings is 1. The Morgan fingerprint density at radius 1 is 1.14 bits per heavy atom. The number of hydrogen-bond acceptors (Lipinski definition) is 4. The number of carbonyl (C=O) groups excluding carboxylic acids is 1. The van der Waals surface area contributed by atoms with E-state index in [0.717, 1.165) is 22.2 Å². The zero-order valence-corrected chi connectivity index (χ0v) is 16.6. The van der Waals surface area contributed by atoms with Gasteiger partial charge in [0.25, 0.3) is 0 Å². The van der Waals surface area contributed by atoms with Crippen LogP contribution in [0.2, 0.25) is 0 Å². The van der Waals surface area contributed by atoms with Gasteiger partial charge in [-0.25, -0.2) is 12.8 Å². The molecule has 1 N–H and O–H groups in total. The molecule has 0 bridgehead atoms. The second-order valence-corrected chi connectivity index (χ2v) is 9.70. The molecule has 0 saturated carbocycles. The van der Waals surface area contributed by atoms with Crippen molar-refractivity contribution < 1.29 is 17.6 Å². The number of benzene rings is 2. The Kier molecular flexibility index (Phi) is 5.18. The largest absolute Gasteiger partial charge is 0.326 e. The fourth-order valence-corrected chi connectivity index (χ4v) is 5.71. The first-order valence-electron chi connectivity index (χ1n) is 8.97. The first kappa shape index (κ1) is 19.0. The number of thiophene rings is 1. The van der Waals surface area contributed by atoms with E-state index in [-0.39, 0.29) is 17.3 Å². The van der Waals surface area contributed by atoms with Crippen LogP contribution in [0.15, 0.2) is 58.8 Å². The molecule has 1 saturated heterocycles. The minimum absolute atomic E-state index is 0.0397. The van der Waals surface area contributed by atoms with Gasteiger partial charge in [0.15, 0.2) is 0 Å². The minimum Gasteiger partial charge on any atom is -0.326 e. The Labute approximate surface area is 166 Å². The quantitative estimate of drug-likeness (QED) is 0.694. The monoisotopic (exact) mass is 418 g/mol. The van der Waals surface area contributed by atoms with Gasteiger partial charge >= 0.3 is 0 Å². The summed E-state index contributed by atoms with van der Waals surface area (Å²) in [7, 11) is -3.75. The van der Waals surface area contributed by atoms with E-state index in [0.29, 0.717) is 25.1 Å². The van der Waals surface area contributed by atoms with Gasteiger partial charge in [-0.3, -0.25) is 4.79 Å². The molecule has 1 aliphatic heterocycles. The molecule has 1 atom stereocenters. The van der Waals surface area contributed by atoms with Gasteiger partial charge in [0, 0.05) is 23.5 Å². The van der Waals surface area contributed by atoms with Crippen molar-refractivity contribution in [1.29, 1.82) is 0 Å². The molecule has 8 heteroatoms. The van der Waals surface area contributed by atoms with Crippen LogP contribution < -0.4 is 5.32 Å². The van der Waals surface area contributed by atoms with E-state index in [4.69, 9.17) is 0 Å². The number of anilines is 1. The SMILES string of the molecule is O=C(Nc1ccc2sccc2c1)C1CCCN(S(=O)(=O)c2ccc(F)cc2)C1. The molecule has 1 fully saturated rings. The zero-order chi connectivity index (χ0) is 19.7. The normalized spacial score (nSPS) is 18.2. The van der Waals surface area contributed by atoms with Crippen molar-refractivity contribution in [2.45, 2.75) is 17.7 Å². The van der Waals surface area contributed by atoms with E-state index in [9.17, 15) is 17.6 Å². The Morgan fingerprint density at radius 3 is 2.71 bits per heavy atom. The van der Waals surface area contributed by atoms with Crippen LogP contribution in [0.5, 0.6) is 0 Å². The summed E-state index contributed by atoms with van der Waals surface area (Å²) in [5.74, 6) is -1.10. The number of rotatable bonds is 4. The molecule has 0 aliphatic carbocycles. The molecule has 1 unspecified atom stereocenters. The molecule has 2 heterocycles. The second-order valence-electron chi connectivity index (χ2n) is 6.82. The standard InChI is InChI=1S/C20H19FN2O3S2/c21-16-3-6-18(7-4-16)28(25,26)23-10-1-2-15(13-23)20(24)22-17-5-8-19-14(12-17)9-11-27-19/h3-9,11-12,15H,1-2,10,13H2,(H,22,24). The third kappa shape index (κ3) is 3.80. The van der Waals surface area contributed by atoms with E-state index >= 15 is 0 Å². The summed E-state index contributed by atoms with van der Waals surface area (Å²) in [6.45, 7) is 0.469. The van der Waals surface area contributed by atoms with Crippen LogP contribution in [0.1, 0.15) is 12.8 Å². The molecule has 1 amide bonds. The molecule has 28 heavy (non-hydrogen) atoms. The molecular weight excluding hydrogens is 399 g/mol. The van der Waals surface area contributed by atoms with Crippen molar-refractivity contribution in [3.63, 3.8) is 0 Å². The maximum Gasteiger partial charge on any atom is 0.243 e. The van der Waals surface area contributed by atoms with Crippen LogP contribution in [-0.2, 0) is 14.8 Å². The first-order chi connectivity index (χ1) is 13.4. The van der Waals surface area contributed by atoms with Crippen molar-refractivity contribution in [3.05, 3.63) is 59.7 Å². The Hall–Kier alpha value is -2.29. The maximum absolute atomic E-state index is 13.1. The predicted molar refractivity (Wildman–Crippen MR) is 108 cm³/mol. The molecule has 146 valence electrons. The van der Waals surface area contributed by atoms with Gasteiger partial charge in [0.1, 0.15) is 5.82 Å². The van der Waals surface area contributed by atoms with Crippen LogP contribution in [0.25, 0.3) is 10.1 Å². The van der Waals surface area contributed by atoms with Gasteiger partial charge in [-0.05, 0) is 72.1 Å². The molecule has 3 aromatic rings. The summed E-state index contributed by atoms with van der Waals surface area (Å²) in [4.78, 5) is 12.8. The highest BCUT2D eigenvalue weighted by atomic mass is 32.2. The second kappa shape index (κ2) is 7.62. The highest BCUT2D eigenvalue weighted by Crippen LogP contribution is 2.27. The molecule has 5 nitrogen and oxygen atoms in total. The molecule has 4 rings (SSSR count). The number of amides is 1. The van der Waals surface area contributed by atoms with Gasteiger partial charge in [0.05, 0.1) is 10.8 Å². The minimum atomic E-state index is -3.75. The molecule has 2 aromatic carbocycles. The zero-order valence-electron chi connectivity index (χ0n) is 15.0. The summed E-state index contributed by atoms with van der Waals surface area (Å²) >= 11 is 1.64. The van der Waals surface area contributed by atoms with Crippen LogP contribution in [0.3, 0.4) is 0 Å². The molecule has 0 spiro atoms. The van der Waals surface area contributed by atoms with Gasteiger partial charge in [-0.2, -0.15) is 4.31 Å². The number of halogens is 1. The van der Waals surface area contributed by atoms with Crippen molar-refractivity contribution in [2.75, 3.05) is 18.4 Å². The van der Waals surface area contributed by atoms with Gasteiger partial charge < -0.3 is 5.32 Å². The highest BCUT2D eigenvalue weighted by molar-refractivity contribution is 7.89. The Bertz CT molecular complexity index is 1110. The lowest BCUT2D eigenvalue weighted by molar-refractivity contribution is -0.120. The fraction of sp³-hybridized carbons (Fsp3) is 0.250. The number of fused-ring (bicyclic) bond motifs is 1. The van der Waals surface area contributed by atoms with Crippen LogP contribution in [0, 0.1) is 11.7 Å². The van der Waals surface area contributed by atoms with Crippen molar-refractivity contribution >= 4 is 43.0 Å². The lowest BCUT2D eigenvalue weighted by Crippen LogP contribution is -2.43. The molecule has 1 aliphatic rings. The average molecular weight is 419 g/mol. The predicted octanol–water partition coefficient (Wildman–Crippen LogP) is 4.08. The number of nitrogens with one attached hydrogen (secondary N) is 1. The highest BCUT2D eigenvalue weighted by Gasteiger charge is 2.33. The van der Waals surface area contributed by atoms with Gasteiger partial charge in [-0.15, -0.1) is 11.3 Å². The summed E-state index contributed by atoms with van der Waals surface area (Å²) < 4.78 is 41.2. The number of hydrogen-bond donors (Lipinski definition) is 1. The summed E-state index contributed by atoms with van der Waals surface area (Å²) in [6, 6.07) is 12.5. The van der Waals surface area contributed by atoms with Crippen molar-refractivity contribution in [2.24, 2.45) is 5.92 Å². The topological polar surface area (TPSA) is 66.5 Å². The Morgan fingerprint density at radius 2 is 1.93 bits per heavy atom. The van der Waals surface area contributed by atoms with E-state index < -0.39 is 21.8 Å². The fourth-order valence-electron chi connectivity index (χ4n) is 3.42. The van der Waals surface area contributed by atoms with E-state index in [2.05, 4.69) is 5.32 Å². The average Bonchev–Trinajstić information content (AvgIpc) is 3.16. The van der Waals surface area contributed by atoms with E-state index in [1.807, 2.05) is 29.6 Å². The van der Waals surface area contributed by atoms with Crippen LogP contribution in [-0.4, -0.2) is 31.7 Å². The Balaban J connectivity index is 1.48. The lowest BCUT2D eigenvalue weighted by Gasteiger charge is -2.31. The van der Waals surface area contributed by atoms with Crippen LogP contribution >= 0.6 is 11.3 Å².